The fourth-order valence-corrected chi connectivity index (χ4v) is 3.89. The van der Waals surface area contributed by atoms with Crippen LogP contribution in [-0.2, 0) is 6.54 Å². The Hall–Kier alpha value is -1.52. The Morgan fingerprint density at radius 2 is 2.14 bits per heavy atom. The van der Waals surface area contributed by atoms with E-state index in [0.29, 0.717) is 6.61 Å². The number of nitrogens with one attached hydrogen (secondary N) is 1. The highest BCUT2D eigenvalue weighted by Crippen LogP contribution is 2.37. The number of hydrogen-bond donors (Lipinski definition) is 1. The zero-order valence-electron chi connectivity index (χ0n) is 12.6. The van der Waals surface area contributed by atoms with Gasteiger partial charge in [-0.15, -0.1) is 11.8 Å². The molecule has 2 aromatic carbocycles. The van der Waals surface area contributed by atoms with E-state index in [1.54, 1.807) is 23.9 Å². The van der Waals surface area contributed by atoms with E-state index in [4.69, 9.17) is 4.74 Å². The maximum atomic E-state index is 13.9. The minimum Gasteiger partial charge on any atom is -0.494 e. The van der Waals surface area contributed by atoms with E-state index in [-0.39, 0.29) is 11.9 Å². The van der Waals surface area contributed by atoms with E-state index < -0.39 is 0 Å². The van der Waals surface area contributed by atoms with Gasteiger partial charge in [0.05, 0.1) is 6.61 Å². The van der Waals surface area contributed by atoms with Gasteiger partial charge in [0.2, 0.25) is 0 Å². The summed E-state index contributed by atoms with van der Waals surface area (Å²) in [4.78, 5) is 0.800. The zero-order valence-corrected chi connectivity index (χ0v) is 13.5. The number of fused-ring (bicyclic) bond motifs is 1. The SMILES string of the molecule is CCOc1cccc(CNC2CCSc3c(F)cccc32)c1. The summed E-state index contributed by atoms with van der Waals surface area (Å²) in [5, 5.41) is 3.56. The number of halogens is 1. The largest absolute Gasteiger partial charge is 0.494 e. The van der Waals surface area contributed by atoms with Gasteiger partial charge in [-0.05, 0) is 48.4 Å². The Morgan fingerprint density at radius 1 is 1.27 bits per heavy atom. The van der Waals surface area contributed by atoms with Crippen LogP contribution >= 0.6 is 11.8 Å². The molecule has 3 rings (SSSR count). The van der Waals surface area contributed by atoms with Crippen LogP contribution in [0.25, 0.3) is 0 Å². The second-order valence-corrected chi connectivity index (χ2v) is 6.41. The van der Waals surface area contributed by atoms with Gasteiger partial charge in [0, 0.05) is 17.5 Å². The van der Waals surface area contributed by atoms with Crippen LogP contribution in [0.15, 0.2) is 47.4 Å². The summed E-state index contributed by atoms with van der Waals surface area (Å²) in [6.45, 7) is 3.41. The van der Waals surface area contributed by atoms with Gasteiger partial charge < -0.3 is 10.1 Å². The van der Waals surface area contributed by atoms with Crippen molar-refractivity contribution in [1.29, 1.82) is 0 Å². The molecule has 0 spiro atoms. The Balaban J connectivity index is 1.70. The summed E-state index contributed by atoms with van der Waals surface area (Å²) in [6, 6.07) is 13.7. The van der Waals surface area contributed by atoms with E-state index in [1.165, 1.54) is 5.56 Å². The zero-order chi connectivity index (χ0) is 15.4. The van der Waals surface area contributed by atoms with Crippen molar-refractivity contribution in [3.63, 3.8) is 0 Å². The molecule has 0 saturated heterocycles. The lowest BCUT2D eigenvalue weighted by atomic mass is 10.0. The fraction of sp³-hybridized carbons (Fsp3) is 0.333. The minimum absolute atomic E-state index is 0.104. The first-order valence-electron chi connectivity index (χ1n) is 7.64. The molecular formula is C18H20FNOS. The van der Waals surface area contributed by atoms with Crippen LogP contribution in [0.2, 0.25) is 0 Å². The lowest BCUT2D eigenvalue weighted by Crippen LogP contribution is -2.24. The number of rotatable bonds is 5. The van der Waals surface area contributed by atoms with Gasteiger partial charge in [-0.2, -0.15) is 0 Å². The molecule has 1 atom stereocenters. The van der Waals surface area contributed by atoms with Gasteiger partial charge in [0.15, 0.2) is 0 Å². The summed E-state index contributed by atoms with van der Waals surface area (Å²) >= 11 is 1.61. The lowest BCUT2D eigenvalue weighted by Gasteiger charge is -2.26. The summed E-state index contributed by atoms with van der Waals surface area (Å²) in [7, 11) is 0. The molecule has 1 unspecified atom stereocenters. The summed E-state index contributed by atoms with van der Waals surface area (Å²) in [6.07, 6.45) is 1.02. The maximum absolute atomic E-state index is 13.9. The fourth-order valence-electron chi connectivity index (χ4n) is 2.75. The van der Waals surface area contributed by atoms with E-state index in [9.17, 15) is 4.39 Å². The predicted octanol–water partition coefficient (Wildman–Crippen LogP) is 4.55. The molecular weight excluding hydrogens is 297 g/mol. The Kier molecular flexibility index (Phi) is 5.01. The average molecular weight is 317 g/mol. The third-order valence-electron chi connectivity index (χ3n) is 3.79. The molecule has 1 heterocycles. The molecule has 0 saturated carbocycles. The lowest BCUT2D eigenvalue weighted by molar-refractivity contribution is 0.339. The Morgan fingerprint density at radius 3 is 3.00 bits per heavy atom. The third kappa shape index (κ3) is 3.45. The maximum Gasteiger partial charge on any atom is 0.137 e. The molecule has 0 aliphatic carbocycles. The van der Waals surface area contributed by atoms with E-state index in [2.05, 4.69) is 17.4 Å². The first-order valence-corrected chi connectivity index (χ1v) is 8.63. The predicted molar refractivity (Wildman–Crippen MR) is 88.9 cm³/mol. The molecule has 0 amide bonds. The van der Waals surface area contributed by atoms with Gasteiger partial charge in [-0.25, -0.2) is 4.39 Å². The quantitative estimate of drug-likeness (QED) is 0.874. The molecule has 1 N–H and O–H groups in total. The molecule has 116 valence electrons. The second-order valence-electron chi connectivity index (χ2n) is 5.31. The van der Waals surface area contributed by atoms with Gasteiger partial charge >= 0.3 is 0 Å². The number of benzene rings is 2. The molecule has 0 bridgehead atoms. The monoisotopic (exact) mass is 317 g/mol. The summed E-state index contributed by atoms with van der Waals surface area (Å²) in [5.74, 6) is 1.74. The molecule has 0 fully saturated rings. The highest BCUT2D eigenvalue weighted by Gasteiger charge is 2.22. The third-order valence-corrected chi connectivity index (χ3v) is 4.95. The van der Waals surface area contributed by atoms with Crippen molar-refractivity contribution in [2.45, 2.75) is 30.8 Å². The first-order chi connectivity index (χ1) is 10.8. The highest BCUT2D eigenvalue weighted by atomic mass is 32.2. The van der Waals surface area contributed by atoms with E-state index >= 15 is 0 Å². The molecule has 1 aliphatic heterocycles. The summed E-state index contributed by atoms with van der Waals surface area (Å²) < 4.78 is 19.4. The van der Waals surface area contributed by atoms with Crippen molar-refractivity contribution >= 4 is 11.8 Å². The molecule has 2 nitrogen and oxygen atoms in total. The van der Waals surface area contributed by atoms with Crippen molar-refractivity contribution in [2.75, 3.05) is 12.4 Å². The Bertz CT molecular complexity index is 647. The molecule has 0 radical (unpaired) electrons. The molecule has 2 aromatic rings. The average Bonchev–Trinajstić information content (AvgIpc) is 2.54. The van der Waals surface area contributed by atoms with Crippen molar-refractivity contribution < 1.29 is 9.13 Å². The van der Waals surface area contributed by atoms with Gasteiger partial charge in [0.25, 0.3) is 0 Å². The van der Waals surface area contributed by atoms with Crippen LogP contribution in [0.5, 0.6) is 5.75 Å². The van der Waals surface area contributed by atoms with Crippen molar-refractivity contribution in [3.8, 4) is 5.75 Å². The van der Waals surface area contributed by atoms with Crippen LogP contribution < -0.4 is 10.1 Å². The Labute approximate surface area is 135 Å². The smallest absolute Gasteiger partial charge is 0.137 e. The number of ether oxygens (including phenoxy) is 1. The van der Waals surface area contributed by atoms with Crippen molar-refractivity contribution in [2.24, 2.45) is 0 Å². The van der Waals surface area contributed by atoms with Crippen LogP contribution in [0.3, 0.4) is 0 Å². The molecule has 22 heavy (non-hydrogen) atoms. The van der Waals surface area contributed by atoms with Crippen LogP contribution in [0.4, 0.5) is 4.39 Å². The van der Waals surface area contributed by atoms with Gasteiger partial charge in [-0.1, -0.05) is 24.3 Å². The minimum atomic E-state index is -0.104. The van der Waals surface area contributed by atoms with Crippen LogP contribution in [-0.4, -0.2) is 12.4 Å². The summed E-state index contributed by atoms with van der Waals surface area (Å²) in [5.41, 5.74) is 2.26. The van der Waals surface area contributed by atoms with Crippen LogP contribution in [0.1, 0.15) is 30.5 Å². The molecule has 1 aliphatic rings. The topological polar surface area (TPSA) is 21.3 Å². The van der Waals surface area contributed by atoms with E-state index in [1.807, 2.05) is 25.1 Å². The standard InChI is InChI=1S/C18H20FNOS/c1-2-21-14-6-3-5-13(11-14)12-20-17-9-10-22-18-15(17)7-4-8-16(18)19/h3-8,11,17,20H,2,9-10,12H2,1H3. The first kappa shape index (κ1) is 15.4. The van der Waals surface area contributed by atoms with Gasteiger partial charge in [0.1, 0.15) is 11.6 Å². The molecule has 4 heteroatoms. The van der Waals surface area contributed by atoms with E-state index in [0.717, 1.165) is 34.9 Å². The second kappa shape index (κ2) is 7.16. The molecule has 0 aromatic heterocycles. The highest BCUT2D eigenvalue weighted by molar-refractivity contribution is 7.99. The number of hydrogen-bond acceptors (Lipinski definition) is 3. The van der Waals surface area contributed by atoms with Crippen molar-refractivity contribution in [3.05, 3.63) is 59.4 Å². The van der Waals surface area contributed by atoms with Crippen molar-refractivity contribution in [1.82, 2.24) is 5.32 Å². The van der Waals surface area contributed by atoms with Gasteiger partial charge in [-0.3, -0.25) is 0 Å². The normalized spacial score (nSPS) is 17.1. The van der Waals surface area contributed by atoms with Crippen LogP contribution in [0, 0.1) is 5.82 Å². The number of thioether (sulfide) groups is 1.